The van der Waals surface area contributed by atoms with Crippen molar-refractivity contribution in [2.24, 2.45) is 0 Å². The summed E-state index contributed by atoms with van der Waals surface area (Å²) in [7, 11) is 0. The second-order valence-corrected chi connectivity index (χ2v) is 4.83. The van der Waals surface area contributed by atoms with Gasteiger partial charge in [0.05, 0.1) is 18.6 Å². The van der Waals surface area contributed by atoms with Crippen LogP contribution in [0, 0.1) is 0 Å². The van der Waals surface area contributed by atoms with Crippen LogP contribution in [0.4, 0.5) is 0 Å². The average molecular weight is 253 g/mol. The first-order valence-corrected chi connectivity index (χ1v) is 7.08. The average Bonchev–Trinajstić information content (AvgIpc) is 2.88. The lowest BCUT2D eigenvalue weighted by Crippen LogP contribution is -2.56. The van der Waals surface area contributed by atoms with Gasteiger partial charge in [0.25, 0.3) is 0 Å². The van der Waals surface area contributed by atoms with Crippen molar-refractivity contribution < 1.29 is 9.52 Å². The number of aliphatic hydroxyl groups excluding tert-OH is 1. The van der Waals surface area contributed by atoms with E-state index in [2.05, 4.69) is 32.6 Å². The molecule has 0 spiro atoms. The van der Waals surface area contributed by atoms with E-state index in [0.717, 1.165) is 31.5 Å². The molecule has 0 aliphatic rings. The second kappa shape index (κ2) is 6.95. The third-order valence-corrected chi connectivity index (χ3v) is 4.25. The summed E-state index contributed by atoms with van der Waals surface area (Å²) in [6, 6.07) is 1.93. The van der Waals surface area contributed by atoms with Crippen LogP contribution in [0.5, 0.6) is 0 Å². The SMILES string of the molecule is CCN(CC)C(CC)(CC)C(O)Cc1ccoc1. The topological polar surface area (TPSA) is 36.6 Å². The summed E-state index contributed by atoms with van der Waals surface area (Å²) in [6.45, 7) is 10.6. The van der Waals surface area contributed by atoms with Crippen LogP contribution < -0.4 is 0 Å². The summed E-state index contributed by atoms with van der Waals surface area (Å²) in [4.78, 5) is 2.39. The number of aliphatic hydroxyl groups is 1. The maximum atomic E-state index is 10.7. The lowest BCUT2D eigenvalue weighted by molar-refractivity contribution is -0.0341. The Kier molecular flexibility index (Phi) is 5.89. The van der Waals surface area contributed by atoms with E-state index in [1.807, 2.05) is 6.07 Å². The Morgan fingerprint density at radius 3 is 2.22 bits per heavy atom. The van der Waals surface area contributed by atoms with Crippen LogP contribution in [0.2, 0.25) is 0 Å². The van der Waals surface area contributed by atoms with Crippen LogP contribution in [0.15, 0.2) is 23.0 Å². The minimum atomic E-state index is -0.356. The van der Waals surface area contributed by atoms with Crippen LogP contribution in [0.25, 0.3) is 0 Å². The summed E-state index contributed by atoms with van der Waals surface area (Å²) in [5, 5.41) is 10.7. The third kappa shape index (κ3) is 2.96. The highest BCUT2D eigenvalue weighted by Gasteiger charge is 2.38. The molecule has 1 heterocycles. The third-order valence-electron chi connectivity index (χ3n) is 4.25. The first-order chi connectivity index (χ1) is 8.64. The van der Waals surface area contributed by atoms with Crippen molar-refractivity contribution in [3.8, 4) is 0 Å². The van der Waals surface area contributed by atoms with Gasteiger partial charge in [-0.05, 0) is 37.6 Å². The molecule has 0 radical (unpaired) electrons. The van der Waals surface area contributed by atoms with Gasteiger partial charge in [0.1, 0.15) is 0 Å². The van der Waals surface area contributed by atoms with Crippen molar-refractivity contribution in [2.75, 3.05) is 13.1 Å². The predicted molar refractivity (Wildman–Crippen MR) is 74.7 cm³/mol. The van der Waals surface area contributed by atoms with Gasteiger partial charge in [0.2, 0.25) is 0 Å². The molecule has 18 heavy (non-hydrogen) atoms. The van der Waals surface area contributed by atoms with Gasteiger partial charge >= 0.3 is 0 Å². The van der Waals surface area contributed by atoms with Crippen LogP contribution in [-0.4, -0.2) is 34.7 Å². The molecule has 0 fully saturated rings. The molecule has 1 atom stereocenters. The summed E-state index contributed by atoms with van der Waals surface area (Å²) in [5.41, 5.74) is 0.946. The zero-order valence-corrected chi connectivity index (χ0v) is 12.1. The standard InChI is InChI=1S/C15H27NO2/c1-5-15(6-2,16(7-3)8-4)14(17)11-13-9-10-18-12-13/h9-10,12,14,17H,5-8,11H2,1-4H3. The Hall–Kier alpha value is -0.800. The van der Waals surface area contributed by atoms with Gasteiger partial charge < -0.3 is 9.52 Å². The molecule has 1 N–H and O–H groups in total. The highest BCUT2D eigenvalue weighted by atomic mass is 16.3. The molecule has 0 aliphatic heterocycles. The number of furan rings is 1. The molecule has 0 bridgehead atoms. The second-order valence-electron chi connectivity index (χ2n) is 4.83. The monoisotopic (exact) mass is 253 g/mol. The van der Waals surface area contributed by atoms with Crippen LogP contribution >= 0.6 is 0 Å². The van der Waals surface area contributed by atoms with Gasteiger partial charge in [-0.3, -0.25) is 4.90 Å². The molecule has 1 aromatic rings. The van der Waals surface area contributed by atoms with E-state index < -0.39 is 0 Å². The quantitative estimate of drug-likeness (QED) is 0.773. The predicted octanol–water partition coefficient (Wildman–Crippen LogP) is 3.08. The molecule has 1 unspecified atom stereocenters. The molecular weight excluding hydrogens is 226 g/mol. The Bertz CT molecular complexity index is 313. The summed E-state index contributed by atoms with van der Waals surface area (Å²) < 4.78 is 5.08. The Morgan fingerprint density at radius 1 is 1.22 bits per heavy atom. The molecule has 104 valence electrons. The number of hydrogen-bond donors (Lipinski definition) is 1. The highest BCUT2D eigenvalue weighted by Crippen LogP contribution is 2.30. The van der Waals surface area contributed by atoms with Crippen LogP contribution in [0.3, 0.4) is 0 Å². The van der Waals surface area contributed by atoms with Gasteiger partial charge in [0, 0.05) is 12.0 Å². The maximum Gasteiger partial charge on any atom is 0.0935 e. The van der Waals surface area contributed by atoms with E-state index in [9.17, 15) is 5.11 Å². The number of rotatable bonds is 8. The van der Waals surface area contributed by atoms with E-state index in [1.165, 1.54) is 0 Å². The van der Waals surface area contributed by atoms with Crippen molar-refractivity contribution in [1.82, 2.24) is 4.90 Å². The Morgan fingerprint density at radius 2 is 1.83 bits per heavy atom. The van der Waals surface area contributed by atoms with E-state index in [0.29, 0.717) is 6.42 Å². The lowest BCUT2D eigenvalue weighted by atomic mass is 9.82. The van der Waals surface area contributed by atoms with E-state index in [4.69, 9.17) is 4.42 Å². The van der Waals surface area contributed by atoms with E-state index in [-0.39, 0.29) is 11.6 Å². The van der Waals surface area contributed by atoms with Gasteiger partial charge in [0.15, 0.2) is 0 Å². The van der Waals surface area contributed by atoms with Crippen molar-refractivity contribution >= 4 is 0 Å². The summed E-state index contributed by atoms with van der Waals surface area (Å²) in [6.07, 6.45) is 5.62. The smallest absolute Gasteiger partial charge is 0.0935 e. The molecule has 0 saturated heterocycles. The number of hydrogen-bond acceptors (Lipinski definition) is 3. The van der Waals surface area contributed by atoms with Crippen molar-refractivity contribution in [2.45, 2.75) is 58.6 Å². The van der Waals surface area contributed by atoms with Gasteiger partial charge in [-0.25, -0.2) is 0 Å². The highest BCUT2D eigenvalue weighted by molar-refractivity contribution is 5.10. The van der Waals surface area contributed by atoms with Crippen molar-refractivity contribution in [3.05, 3.63) is 24.2 Å². The van der Waals surface area contributed by atoms with E-state index >= 15 is 0 Å². The van der Waals surface area contributed by atoms with Crippen LogP contribution in [-0.2, 0) is 6.42 Å². The number of nitrogens with zero attached hydrogens (tertiary/aromatic N) is 1. The fourth-order valence-electron chi connectivity index (χ4n) is 3.05. The Balaban J connectivity index is 2.88. The molecule has 1 rings (SSSR count). The Labute approximate surface area is 111 Å². The van der Waals surface area contributed by atoms with Gasteiger partial charge in [-0.15, -0.1) is 0 Å². The number of likely N-dealkylation sites (N-methyl/N-ethyl adjacent to an activating group) is 1. The molecule has 0 aromatic carbocycles. The van der Waals surface area contributed by atoms with E-state index in [1.54, 1.807) is 12.5 Å². The lowest BCUT2D eigenvalue weighted by Gasteiger charge is -2.45. The molecule has 3 nitrogen and oxygen atoms in total. The molecule has 0 saturated carbocycles. The fraction of sp³-hybridized carbons (Fsp3) is 0.733. The summed E-state index contributed by atoms with van der Waals surface area (Å²) in [5.74, 6) is 0. The normalized spacial score (nSPS) is 14.1. The minimum Gasteiger partial charge on any atom is -0.472 e. The van der Waals surface area contributed by atoms with Crippen molar-refractivity contribution in [1.29, 1.82) is 0 Å². The molecule has 3 heteroatoms. The van der Waals surface area contributed by atoms with Gasteiger partial charge in [-0.2, -0.15) is 0 Å². The maximum absolute atomic E-state index is 10.7. The zero-order valence-electron chi connectivity index (χ0n) is 12.1. The fourth-order valence-corrected chi connectivity index (χ4v) is 3.05. The molecule has 1 aromatic heterocycles. The molecular formula is C15H27NO2. The van der Waals surface area contributed by atoms with Crippen molar-refractivity contribution in [3.63, 3.8) is 0 Å². The first-order valence-electron chi connectivity index (χ1n) is 7.08. The zero-order chi connectivity index (χ0) is 13.6. The molecule has 0 amide bonds. The van der Waals surface area contributed by atoms with Gasteiger partial charge in [-0.1, -0.05) is 27.7 Å². The molecule has 0 aliphatic carbocycles. The largest absolute Gasteiger partial charge is 0.472 e. The first kappa shape index (κ1) is 15.3. The summed E-state index contributed by atoms with van der Waals surface area (Å²) >= 11 is 0. The van der Waals surface area contributed by atoms with Crippen LogP contribution in [0.1, 0.15) is 46.1 Å². The minimum absolute atomic E-state index is 0.124.